The molecule has 4 fully saturated rings. The molecule has 0 bridgehead atoms. The average molecular weight is 531 g/mol. The van der Waals surface area contributed by atoms with E-state index in [1.807, 2.05) is 12.2 Å². The molecule has 0 saturated heterocycles. The van der Waals surface area contributed by atoms with Gasteiger partial charge >= 0.3 is 11.9 Å². The minimum absolute atomic E-state index is 0.0621. The molecule has 0 spiro atoms. The Morgan fingerprint density at radius 1 is 0.500 bits per heavy atom. The van der Waals surface area contributed by atoms with Crippen molar-refractivity contribution in [2.75, 3.05) is 13.6 Å². The molecule has 6 nitrogen and oxygen atoms in total. The van der Waals surface area contributed by atoms with Crippen LogP contribution in [0.25, 0.3) is 0 Å². The first-order valence-electron chi connectivity index (χ1n) is 15.6. The molecule has 4 saturated carbocycles. The van der Waals surface area contributed by atoms with Crippen LogP contribution in [0.15, 0.2) is 24.3 Å². The summed E-state index contributed by atoms with van der Waals surface area (Å²) in [6, 6.07) is 0. The molecule has 0 unspecified atom stereocenters. The van der Waals surface area contributed by atoms with Crippen molar-refractivity contribution in [1.29, 1.82) is 0 Å². The first-order chi connectivity index (χ1) is 18.7. The topological polar surface area (TPSA) is 71.1 Å². The van der Waals surface area contributed by atoms with Crippen molar-refractivity contribution in [2.24, 2.45) is 23.7 Å². The number of rotatable bonds is 11. The summed E-state index contributed by atoms with van der Waals surface area (Å²) in [5.41, 5.74) is 0. The summed E-state index contributed by atoms with van der Waals surface area (Å²) in [6.45, 7) is 0.124. The van der Waals surface area contributed by atoms with Gasteiger partial charge in [0.1, 0.15) is 0 Å². The third-order valence-electron chi connectivity index (χ3n) is 9.42. The summed E-state index contributed by atoms with van der Waals surface area (Å²) in [7, 11) is 0. The van der Waals surface area contributed by atoms with E-state index in [4.69, 9.17) is 18.9 Å². The van der Waals surface area contributed by atoms with Crippen LogP contribution in [0.3, 0.4) is 0 Å². The van der Waals surface area contributed by atoms with E-state index in [0.29, 0.717) is 11.8 Å². The van der Waals surface area contributed by atoms with E-state index in [0.717, 1.165) is 37.5 Å². The van der Waals surface area contributed by atoms with Crippen LogP contribution in [0.5, 0.6) is 0 Å². The lowest BCUT2D eigenvalue weighted by Crippen LogP contribution is -2.31. The van der Waals surface area contributed by atoms with Crippen molar-refractivity contribution < 1.29 is 28.5 Å². The average Bonchev–Trinajstić information content (AvgIpc) is 2.97. The van der Waals surface area contributed by atoms with Crippen molar-refractivity contribution in [2.45, 2.75) is 128 Å². The van der Waals surface area contributed by atoms with Gasteiger partial charge in [-0.3, -0.25) is 0 Å². The van der Waals surface area contributed by atoms with Crippen LogP contribution in [0.1, 0.15) is 116 Å². The molecule has 4 aliphatic carbocycles. The number of hydrogen-bond donors (Lipinski definition) is 0. The molecule has 0 aromatic carbocycles. The monoisotopic (exact) mass is 530 g/mol. The fraction of sp³-hybridized carbons (Fsp3) is 0.812. The van der Waals surface area contributed by atoms with Crippen LogP contribution in [0, 0.1) is 23.7 Å². The minimum atomic E-state index is -0.283. The van der Waals surface area contributed by atoms with Crippen LogP contribution in [-0.2, 0) is 28.5 Å². The van der Waals surface area contributed by atoms with E-state index in [1.54, 1.807) is 12.2 Å². The predicted molar refractivity (Wildman–Crippen MR) is 147 cm³/mol. The summed E-state index contributed by atoms with van der Waals surface area (Å²) >= 11 is 0. The van der Waals surface area contributed by atoms with Crippen molar-refractivity contribution in [3.05, 3.63) is 24.3 Å². The molecule has 0 atom stereocenters. The highest BCUT2D eigenvalue weighted by Crippen LogP contribution is 2.39. The maximum atomic E-state index is 12.0. The van der Waals surface area contributed by atoms with Gasteiger partial charge in [-0.05, 0) is 101 Å². The molecule has 0 N–H and O–H groups in total. The second-order valence-corrected chi connectivity index (χ2v) is 12.1. The van der Waals surface area contributed by atoms with Crippen molar-refractivity contribution in [3.63, 3.8) is 0 Å². The molecule has 4 aliphatic rings. The number of allylic oxidation sites excluding steroid dienone is 2. The molecular weight excluding hydrogens is 480 g/mol. The third kappa shape index (κ3) is 10.5. The van der Waals surface area contributed by atoms with Gasteiger partial charge in [-0.2, -0.15) is 0 Å². The Labute approximate surface area is 229 Å². The van der Waals surface area contributed by atoms with Gasteiger partial charge in [-0.15, -0.1) is 0 Å². The molecule has 0 heterocycles. The smallest absolute Gasteiger partial charge is 0.332 e. The van der Waals surface area contributed by atoms with Crippen LogP contribution < -0.4 is 0 Å². The molecule has 0 aromatic rings. The largest absolute Gasteiger partial charge is 0.435 e. The molecule has 214 valence electrons. The molecule has 0 aromatic heterocycles. The number of esters is 2. The fourth-order valence-corrected chi connectivity index (χ4v) is 7.01. The SMILES string of the molecule is O=C(C=CC1CCCCC1)OCOC1CCC(C2CCC(OCOC(=O)C=CC3CCCCC3)CC2)CC1. The van der Waals surface area contributed by atoms with Gasteiger partial charge in [0.15, 0.2) is 13.6 Å². The molecule has 4 rings (SSSR count). The Bertz CT molecular complexity index is 684. The Hall–Kier alpha value is -1.66. The third-order valence-corrected chi connectivity index (χ3v) is 9.42. The van der Waals surface area contributed by atoms with E-state index < -0.39 is 0 Å². The zero-order chi connectivity index (χ0) is 26.4. The zero-order valence-electron chi connectivity index (χ0n) is 23.4. The molecule has 6 heteroatoms. The maximum absolute atomic E-state index is 12.0. The van der Waals surface area contributed by atoms with Gasteiger partial charge in [0, 0.05) is 12.2 Å². The Balaban J connectivity index is 1.01. The van der Waals surface area contributed by atoms with Crippen LogP contribution in [0.2, 0.25) is 0 Å². The molecule has 0 aliphatic heterocycles. The summed E-state index contributed by atoms with van der Waals surface area (Å²) in [5, 5.41) is 0. The van der Waals surface area contributed by atoms with E-state index in [9.17, 15) is 9.59 Å². The highest BCUT2D eigenvalue weighted by molar-refractivity contribution is 5.82. The van der Waals surface area contributed by atoms with Gasteiger partial charge < -0.3 is 18.9 Å². The van der Waals surface area contributed by atoms with E-state index in [-0.39, 0.29) is 37.7 Å². The van der Waals surface area contributed by atoms with Gasteiger partial charge in [-0.1, -0.05) is 50.7 Å². The second-order valence-electron chi connectivity index (χ2n) is 12.1. The van der Waals surface area contributed by atoms with Crippen molar-refractivity contribution in [3.8, 4) is 0 Å². The van der Waals surface area contributed by atoms with Crippen molar-refractivity contribution in [1.82, 2.24) is 0 Å². The summed E-state index contributed by atoms with van der Waals surface area (Å²) < 4.78 is 22.3. The maximum Gasteiger partial charge on any atom is 0.332 e. The summed E-state index contributed by atoms with van der Waals surface area (Å²) in [6.07, 6.45) is 29.0. The highest BCUT2D eigenvalue weighted by Gasteiger charge is 2.31. The number of ether oxygens (including phenoxy) is 4. The molecule has 38 heavy (non-hydrogen) atoms. The molecule has 0 radical (unpaired) electrons. The molecule has 0 amide bonds. The molecular formula is C32H50O6. The Morgan fingerprint density at radius 3 is 1.24 bits per heavy atom. The highest BCUT2D eigenvalue weighted by atomic mass is 16.7. The van der Waals surface area contributed by atoms with Crippen LogP contribution in [0.4, 0.5) is 0 Å². The lowest BCUT2D eigenvalue weighted by atomic mass is 9.72. The summed E-state index contributed by atoms with van der Waals surface area (Å²) in [5.74, 6) is 2.00. The van der Waals surface area contributed by atoms with Crippen LogP contribution in [-0.4, -0.2) is 37.7 Å². The predicted octanol–water partition coefficient (Wildman–Crippen LogP) is 7.41. The lowest BCUT2D eigenvalue weighted by molar-refractivity contribution is -0.159. The number of carbonyl (C=O) groups excluding carboxylic acids is 2. The van der Waals surface area contributed by atoms with E-state index in [2.05, 4.69) is 0 Å². The number of hydrogen-bond acceptors (Lipinski definition) is 6. The van der Waals surface area contributed by atoms with E-state index in [1.165, 1.54) is 89.9 Å². The van der Waals surface area contributed by atoms with Gasteiger partial charge in [-0.25, -0.2) is 9.59 Å². The Kier molecular flexibility index (Phi) is 12.7. The van der Waals surface area contributed by atoms with E-state index >= 15 is 0 Å². The second kappa shape index (κ2) is 16.4. The lowest BCUT2D eigenvalue weighted by Gasteiger charge is -2.37. The van der Waals surface area contributed by atoms with Gasteiger partial charge in [0.05, 0.1) is 12.2 Å². The standard InChI is InChI=1S/C32H50O6/c33-31(21-11-25-7-3-1-4-8-25)37-23-35-29-17-13-27(14-18-29)28-15-19-30(20-16-28)36-24-38-32(34)22-12-26-9-5-2-6-10-26/h11-12,21-22,25-30H,1-10,13-20,23-24H2. The van der Waals surface area contributed by atoms with Gasteiger partial charge in [0.25, 0.3) is 0 Å². The minimum Gasteiger partial charge on any atom is -0.435 e. The van der Waals surface area contributed by atoms with Gasteiger partial charge in [0.2, 0.25) is 0 Å². The first-order valence-corrected chi connectivity index (χ1v) is 15.6. The quantitative estimate of drug-likeness (QED) is 0.157. The van der Waals surface area contributed by atoms with Crippen LogP contribution >= 0.6 is 0 Å². The summed E-state index contributed by atoms with van der Waals surface area (Å²) in [4.78, 5) is 23.9. The van der Waals surface area contributed by atoms with Crippen molar-refractivity contribution >= 4 is 11.9 Å². The first kappa shape index (κ1) is 29.3. The fourth-order valence-electron chi connectivity index (χ4n) is 7.01. The zero-order valence-corrected chi connectivity index (χ0v) is 23.4. The number of carbonyl (C=O) groups is 2. The Morgan fingerprint density at radius 2 is 0.868 bits per heavy atom. The normalized spacial score (nSPS) is 30.0.